The van der Waals surface area contributed by atoms with E-state index in [4.69, 9.17) is 9.47 Å². The van der Waals surface area contributed by atoms with Crippen LogP contribution in [-0.2, 0) is 23.9 Å². The molecule has 0 aromatic heterocycles. The summed E-state index contributed by atoms with van der Waals surface area (Å²) < 4.78 is 14.9. The molecule has 150 valence electrons. The summed E-state index contributed by atoms with van der Waals surface area (Å²) in [7, 11) is 1.27. The fourth-order valence-corrected chi connectivity index (χ4v) is 2.99. The van der Waals surface area contributed by atoms with Gasteiger partial charge < -0.3 is 14.2 Å². The number of ether oxygens (including phenoxy) is 3. The Bertz CT molecular complexity index is 809. The number of hydrogen-bond acceptors (Lipinski definition) is 8. The van der Waals surface area contributed by atoms with E-state index < -0.39 is 35.2 Å². The van der Waals surface area contributed by atoms with Gasteiger partial charge in [0.15, 0.2) is 6.61 Å². The second-order valence-corrected chi connectivity index (χ2v) is 7.78. The zero-order chi connectivity index (χ0) is 20.9. The van der Waals surface area contributed by atoms with Crippen LogP contribution in [0.25, 0.3) is 6.08 Å². The molecule has 0 radical (unpaired) electrons. The van der Waals surface area contributed by atoms with Crippen molar-refractivity contribution in [3.63, 3.8) is 0 Å². The molecule has 1 fully saturated rings. The Morgan fingerprint density at radius 3 is 2.32 bits per heavy atom. The van der Waals surface area contributed by atoms with Crippen LogP contribution >= 0.6 is 11.8 Å². The van der Waals surface area contributed by atoms with Gasteiger partial charge in [-0.2, -0.15) is 0 Å². The highest BCUT2D eigenvalue weighted by molar-refractivity contribution is 8.18. The number of rotatable bonds is 6. The third-order valence-corrected chi connectivity index (χ3v) is 4.25. The molecule has 0 N–H and O–H groups in total. The average molecular weight is 407 g/mol. The van der Waals surface area contributed by atoms with Crippen molar-refractivity contribution in [2.75, 3.05) is 20.3 Å². The number of methoxy groups -OCH3 is 1. The van der Waals surface area contributed by atoms with Crippen LogP contribution in [0.3, 0.4) is 0 Å². The van der Waals surface area contributed by atoms with Crippen molar-refractivity contribution in [2.24, 2.45) is 0 Å². The third-order valence-electron chi connectivity index (χ3n) is 3.34. The fourth-order valence-electron chi connectivity index (χ4n) is 2.15. The summed E-state index contributed by atoms with van der Waals surface area (Å²) in [4.78, 5) is 48.5. The molecule has 1 aromatic rings. The topological polar surface area (TPSA) is 99.2 Å². The maximum atomic E-state index is 12.4. The van der Waals surface area contributed by atoms with E-state index in [2.05, 4.69) is 4.74 Å². The molecule has 0 bridgehead atoms. The van der Waals surface area contributed by atoms with Gasteiger partial charge in [0.1, 0.15) is 17.9 Å². The first-order valence-electron chi connectivity index (χ1n) is 8.36. The predicted molar refractivity (Wildman–Crippen MR) is 102 cm³/mol. The molecular formula is C19H21NO7S. The molecule has 1 saturated heterocycles. The molecule has 0 atom stereocenters. The van der Waals surface area contributed by atoms with E-state index in [0.29, 0.717) is 11.3 Å². The Morgan fingerprint density at radius 2 is 1.75 bits per heavy atom. The Labute approximate surface area is 166 Å². The lowest BCUT2D eigenvalue weighted by molar-refractivity contribution is -0.156. The molecule has 9 heteroatoms. The van der Waals surface area contributed by atoms with Gasteiger partial charge in [-0.1, -0.05) is 12.1 Å². The summed E-state index contributed by atoms with van der Waals surface area (Å²) >= 11 is 0.756. The highest BCUT2D eigenvalue weighted by Crippen LogP contribution is 2.32. The molecule has 1 aliphatic heterocycles. The molecule has 0 unspecified atom stereocenters. The van der Waals surface area contributed by atoms with Gasteiger partial charge in [0.05, 0.1) is 12.0 Å². The Balaban J connectivity index is 2.02. The normalized spacial score (nSPS) is 15.7. The van der Waals surface area contributed by atoms with Crippen LogP contribution in [0, 0.1) is 0 Å². The SMILES string of the molecule is COC(=O)COc1ccc(/C=C2/SC(=O)N(CC(=O)OC(C)(C)C)C2=O)cc1. The second-order valence-electron chi connectivity index (χ2n) is 6.79. The van der Waals surface area contributed by atoms with Gasteiger partial charge in [-0.05, 0) is 56.3 Å². The van der Waals surface area contributed by atoms with Gasteiger partial charge >= 0.3 is 11.9 Å². The minimum Gasteiger partial charge on any atom is -0.482 e. The number of nitrogens with zero attached hydrogens (tertiary/aromatic N) is 1. The molecule has 0 saturated carbocycles. The average Bonchev–Trinajstić information content (AvgIpc) is 2.86. The standard InChI is InChI=1S/C19H21NO7S/c1-19(2,3)27-15(21)10-20-17(23)14(28-18(20)24)9-12-5-7-13(8-6-12)26-11-16(22)25-4/h5-9H,10-11H2,1-4H3/b14-9+. The first-order chi connectivity index (χ1) is 13.1. The van der Waals surface area contributed by atoms with E-state index in [0.717, 1.165) is 16.7 Å². The number of carbonyl (C=O) groups excluding carboxylic acids is 4. The van der Waals surface area contributed by atoms with Crippen LogP contribution in [0.5, 0.6) is 5.75 Å². The van der Waals surface area contributed by atoms with Crippen LogP contribution in [0.4, 0.5) is 4.79 Å². The van der Waals surface area contributed by atoms with E-state index in [9.17, 15) is 19.2 Å². The number of benzene rings is 1. The van der Waals surface area contributed by atoms with Crippen LogP contribution < -0.4 is 4.74 Å². The lowest BCUT2D eigenvalue weighted by Gasteiger charge is -2.21. The quantitative estimate of drug-likeness (QED) is 0.524. The van der Waals surface area contributed by atoms with Crippen LogP contribution in [0.15, 0.2) is 29.2 Å². The van der Waals surface area contributed by atoms with Crippen LogP contribution in [-0.4, -0.2) is 53.8 Å². The maximum Gasteiger partial charge on any atom is 0.343 e. The number of thioether (sulfide) groups is 1. The van der Waals surface area contributed by atoms with Gasteiger partial charge in [0.2, 0.25) is 0 Å². The minimum atomic E-state index is -0.702. The number of carbonyl (C=O) groups is 4. The monoisotopic (exact) mass is 407 g/mol. The number of imide groups is 1. The summed E-state index contributed by atoms with van der Waals surface area (Å²) in [5.74, 6) is -1.24. The maximum absolute atomic E-state index is 12.4. The lowest BCUT2D eigenvalue weighted by atomic mass is 10.2. The smallest absolute Gasteiger partial charge is 0.343 e. The van der Waals surface area contributed by atoms with Gasteiger partial charge in [-0.15, -0.1) is 0 Å². The highest BCUT2D eigenvalue weighted by atomic mass is 32.2. The van der Waals surface area contributed by atoms with Crippen molar-refractivity contribution < 1.29 is 33.4 Å². The second kappa shape index (κ2) is 8.92. The first-order valence-corrected chi connectivity index (χ1v) is 9.17. The predicted octanol–water partition coefficient (Wildman–Crippen LogP) is 2.62. The molecule has 2 amide bonds. The van der Waals surface area contributed by atoms with Crippen LogP contribution in [0.1, 0.15) is 26.3 Å². The Morgan fingerprint density at radius 1 is 1.11 bits per heavy atom. The first kappa shape index (κ1) is 21.5. The molecule has 1 aliphatic rings. The fraction of sp³-hybridized carbons (Fsp3) is 0.368. The van der Waals surface area contributed by atoms with Gasteiger partial charge in [-0.3, -0.25) is 19.3 Å². The molecule has 8 nitrogen and oxygen atoms in total. The molecule has 1 aromatic carbocycles. The number of esters is 2. The van der Waals surface area contributed by atoms with Crippen molar-refractivity contribution in [3.05, 3.63) is 34.7 Å². The zero-order valence-corrected chi connectivity index (χ0v) is 16.8. The molecular weight excluding hydrogens is 386 g/mol. The summed E-state index contributed by atoms with van der Waals surface area (Å²) in [6.45, 7) is 4.48. The molecule has 0 aliphatic carbocycles. The summed E-state index contributed by atoms with van der Waals surface area (Å²) in [5.41, 5.74) is -0.0416. The van der Waals surface area contributed by atoms with Crippen molar-refractivity contribution in [2.45, 2.75) is 26.4 Å². The van der Waals surface area contributed by atoms with Crippen molar-refractivity contribution in [1.82, 2.24) is 4.90 Å². The molecule has 1 heterocycles. The molecule has 28 heavy (non-hydrogen) atoms. The Kier molecular flexibility index (Phi) is 6.85. The highest BCUT2D eigenvalue weighted by Gasteiger charge is 2.37. The van der Waals surface area contributed by atoms with Crippen molar-refractivity contribution in [1.29, 1.82) is 0 Å². The van der Waals surface area contributed by atoms with E-state index >= 15 is 0 Å². The number of hydrogen-bond donors (Lipinski definition) is 0. The zero-order valence-electron chi connectivity index (χ0n) is 16.0. The summed E-state index contributed by atoms with van der Waals surface area (Å²) in [6.07, 6.45) is 1.55. The lowest BCUT2D eigenvalue weighted by Crippen LogP contribution is -2.37. The summed E-state index contributed by atoms with van der Waals surface area (Å²) in [6, 6.07) is 6.60. The molecule has 2 rings (SSSR count). The molecule has 0 spiro atoms. The van der Waals surface area contributed by atoms with Crippen molar-refractivity contribution >= 4 is 40.9 Å². The Hall–Kier alpha value is -2.81. The van der Waals surface area contributed by atoms with Gasteiger partial charge in [0.25, 0.3) is 11.1 Å². The third kappa shape index (κ3) is 6.12. The van der Waals surface area contributed by atoms with E-state index in [1.807, 2.05) is 0 Å². The van der Waals surface area contributed by atoms with E-state index in [1.54, 1.807) is 51.1 Å². The largest absolute Gasteiger partial charge is 0.482 e. The summed E-state index contributed by atoms with van der Waals surface area (Å²) in [5, 5.41) is -0.528. The van der Waals surface area contributed by atoms with Crippen LogP contribution in [0.2, 0.25) is 0 Å². The van der Waals surface area contributed by atoms with E-state index in [-0.39, 0.29) is 11.5 Å². The number of amides is 2. The van der Waals surface area contributed by atoms with Gasteiger partial charge in [-0.25, -0.2) is 4.79 Å². The van der Waals surface area contributed by atoms with E-state index in [1.165, 1.54) is 7.11 Å². The van der Waals surface area contributed by atoms with Gasteiger partial charge in [0, 0.05) is 0 Å². The minimum absolute atomic E-state index is 0.205. The van der Waals surface area contributed by atoms with Crippen molar-refractivity contribution in [3.8, 4) is 5.75 Å².